The molecule has 0 amide bonds. The Kier molecular flexibility index (Phi) is 6.18. The number of likely N-dealkylation sites (N-methyl/N-ethyl adjacent to an activating group) is 1. The molecule has 0 bridgehead atoms. The summed E-state index contributed by atoms with van der Waals surface area (Å²) in [7, 11) is 0. The molecule has 0 aromatic heterocycles. The average Bonchev–Trinajstić information content (AvgIpc) is 2.35. The van der Waals surface area contributed by atoms with Crippen LogP contribution in [0.15, 0.2) is 24.3 Å². The van der Waals surface area contributed by atoms with Gasteiger partial charge < -0.3 is 10.5 Å². The highest BCUT2D eigenvalue weighted by Crippen LogP contribution is 2.30. The third-order valence-electron chi connectivity index (χ3n) is 3.15. The second kappa shape index (κ2) is 7.40. The maximum atomic E-state index is 12.4. The van der Waals surface area contributed by atoms with Crippen LogP contribution < -0.4 is 10.5 Å². The molecule has 1 rings (SSSR count). The molecule has 0 fully saturated rings. The van der Waals surface area contributed by atoms with Crippen molar-refractivity contribution in [1.82, 2.24) is 4.90 Å². The zero-order valence-electron chi connectivity index (χ0n) is 11.6. The van der Waals surface area contributed by atoms with E-state index in [0.29, 0.717) is 12.1 Å². The molecular weight excluding hydrogens is 250 g/mol. The highest BCUT2D eigenvalue weighted by molar-refractivity contribution is 5.36. The summed E-state index contributed by atoms with van der Waals surface area (Å²) in [6.07, 6.45) is 0. The first-order valence-corrected chi connectivity index (χ1v) is 6.50. The van der Waals surface area contributed by atoms with Gasteiger partial charge in [0.1, 0.15) is 5.75 Å². The van der Waals surface area contributed by atoms with Crippen molar-refractivity contribution in [2.75, 3.05) is 13.1 Å². The van der Waals surface area contributed by atoms with Gasteiger partial charge in [0.2, 0.25) is 0 Å². The van der Waals surface area contributed by atoms with Crippen LogP contribution in [0.5, 0.6) is 5.75 Å². The van der Waals surface area contributed by atoms with Crippen LogP contribution in [-0.2, 0) is 0 Å². The Balaban J connectivity index is 3.10. The molecule has 0 saturated carbocycles. The van der Waals surface area contributed by atoms with Gasteiger partial charge in [-0.15, -0.1) is 0 Å². The number of nitrogens with zero attached hydrogens (tertiary/aromatic N) is 1. The molecule has 1 aromatic rings. The Hall–Kier alpha value is -1.20. The molecule has 0 heterocycles. The quantitative estimate of drug-likeness (QED) is 0.829. The van der Waals surface area contributed by atoms with Crippen LogP contribution in [0.1, 0.15) is 32.4 Å². The van der Waals surface area contributed by atoms with Gasteiger partial charge in [-0.25, -0.2) is 0 Å². The van der Waals surface area contributed by atoms with Crippen molar-refractivity contribution in [2.45, 2.75) is 39.5 Å². The lowest BCUT2D eigenvalue weighted by Crippen LogP contribution is -2.38. The predicted octanol–water partition coefficient (Wildman–Crippen LogP) is 3.02. The fourth-order valence-electron chi connectivity index (χ4n) is 2.35. The summed E-state index contributed by atoms with van der Waals surface area (Å²) in [6.45, 7) is 4.47. The third-order valence-corrected chi connectivity index (χ3v) is 3.15. The highest BCUT2D eigenvalue weighted by Gasteiger charge is 2.23. The minimum Gasteiger partial charge on any atom is -0.434 e. The van der Waals surface area contributed by atoms with E-state index in [2.05, 4.69) is 23.5 Å². The minimum absolute atomic E-state index is 0.125. The SMILES string of the molecule is CCN(C(C)C)C(CN)c1ccccc1OC(F)F. The number of ether oxygens (including phenoxy) is 1. The van der Waals surface area contributed by atoms with E-state index in [1.54, 1.807) is 18.2 Å². The van der Waals surface area contributed by atoms with E-state index in [0.717, 1.165) is 6.54 Å². The Bertz CT molecular complexity index is 385. The molecule has 0 saturated heterocycles. The summed E-state index contributed by atoms with van der Waals surface area (Å²) < 4.78 is 29.5. The summed E-state index contributed by atoms with van der Waals surface area (Å²) in [5.41, 5.74) is 6.54. The Morgan fingerprint density at radius 1 is 1.26 bits per heavy atom. The van der Waals surface area contributed by atoms with Crippen LogP contribution in [0.25, 0.3) is 0 Å². The molecule has 0 aliphatic heterocycles. The van der Waals surface area contributed by atoms with Crippen LogP contribution in [0.3, 0.4) is 0 Å². The van der Waals surface area contributed by atoms with E-state index in [9.17, 15) is 8.78 Å². The summed E-state index contributed by atoms with van der Waals surface area (Å²) >= 11 is 0. The normalized spacial score (nSPS) is 13.3. The van der Waals surface area contributed by atoms with Crippen LogP contribution in [0.4, 0.5) is 8.78 Å². The molecular formula is C14H22F2N2O. The first kappa shape index (κ1) is 15.9. The first-order valence-electron chi connectivity index (χ1n) is 6.50. The molecule has 0 spiro atoms. The summed E-state index contributed by atoms with van der Waals surface area (Å²) in [5, 5.41) is 0. The van der Waals surface area contributed by atoms with E-state index in [-0.39, 0.29) is 17.8 Å². The number of rotatable bonds is 7. The topological polar surface area (TPSA) is 38.5 Å². The number of halogens is 2. The molecule has 0 radical (unpaired) electrons. The smallest absolute Gasteiger partial charge is 0.387 e. The average molecular weight is 272 g/mol. The maximum absolute atomic E-state index is 12.4. The molecule has 2 N–H and O–H groups in total. The number of hydrogen-bond donors (Lipinski definition) is 1. The lowest BCUT2D eigenvalue weighted by molar-refractivity contribution is -0.0512. The van der Waals surface area contributed by atoms with Crippen molar-refractivity contribution in [3.8, 4) is 5.75 Å². The lowest BCUT2D eigenvalue weighted by Gasteiger charge is -2.34. The lowest BCUT2D eigenvalue weighted by atomic mass is 10.0. The molecule has 3 nitrogen and oxygen atoms in total. The van der Waals surface area contributed by atoms with Gasteiger partial charge in [0.15, 0.2) is 0 Å². The number of benzene rings is 1. The molecule has 1 aromatic carbocycles. The van der Waals surface area contributed by atoms with Gasteiger partial charge in [-0.1, -0.05) is 25.1 Å². The number of hydrogen-bond acceptors (Lipinski definition) is 3. The summed E-state index contributed by atoms with van der Waals surface area (Å²) in [4.78, 5) is 2.16. The number of nitrogens with two attached hydrogens (primary N) is 1. The van der Waals surface area contributed by atoms with Gasteiger partial charge in [0, 0.05) is 18.2 Å². The standard InChI is InChI=1S/C14H22F2N2O/c1-4-18(10(2)3)12(9-17)11-7-5-6-8-13(11)19-14(15)16/h5-8,10,12,14H,4,9,17H2,1-3H3. The molecule has 0 aliphatic carbocycles. The van der Waals surface area contributed by atoms with E-state index < -0.39 is 6.61 Å². The number of para-hydroxylation sites is 1. The Morgan fingerprint density at radius 2 is 1.89 bits per heavy atom. The van der Waals surface area contributed by atoms with Crippen molar-refractivity contribution < 1.29 is 13.5 Å². The maximum Gasteiger partial charge on any atom is 0.387 e. The van der Waals surface area contributed by atoms with Gasteiger partial charge in [0.25, 0.3) is 0 Å². The second-order valence-electron chi connectivity index (χ2n) is 4.59. The fourth-order valence-corrected chi connectivity index (χ4v) is 2.35. The van der Waals surface area contributed by atoms with Crippen molar-refractivity contribution in [3.63, 3.8) is 0 Å². The zero-order chi connectivity index (χ0) is 14.4. The van der Waals surface area contributed by atoms with Crippen LogP contribution in [0, 0.1) is 0 Å². The van der Waals surface area contributed by atoms with Gasteiger partial charge in [-0.2, -0.15) is 8.78 Å². The van der Waals surface area contributed by atoms with Crippen molar-refractivity contribution >= 4 is 0 Å². The van der Waals surface area contributed by atoms with Crippen LogP contribution in [0.2, 0.25) is 0 Å². The van der Waals surface area contributed by atoms with Gasteiger partial charge >= 0.3 is 6.61 Å². The zero-order valence-corrected chi connectivity index (χ0v) is 11.6. The third kappa shape index (κ3) is 4.14. The van der Waals surface area contributed by atoms with Gasteiger partial charge in [-0.3, -0.25) is 4.90 Å². The summed E-state index contributed by atoms with van der Waals surface area (Å²) in [5.74, 6) is 0.201. The van der Waals surface area contributed by atoms with Crippen LogP contribution >= 0.6 is 0 Å². The monoisotopic (exact) mass is 272 g/mol. The van der Waals surface area contributed by atoms with Gasteiger partial charge in [-0.05, 0) is 26.5 Å². The van der Waals surface area contributed by atoms with Crippen molar-refractivity contribution in [1.29, 1.82) is 0 Å². The predicted molar refractivity (Wildman–Crippen MR) is 72.4 cm³/mol. The minimum atomic E-state index is -2.83. The number of alkyl halides is 2. The highest BCUT2D eigenvalue weighted by atomic mass is 19.3. The van der Waals surface area contributed by atoms with E-state index in [1.807, 2.05) is 13.0 Å². The molecule has 1 atom stereocenters. The van der Waals surface area contributed by atoms with E-state index >= 15 is 0 Å². The first-order chi connectivity index (χ1) is 9.01. The second-order valence-corrected chi connectivity index (χ2v) is 4.59. The Labute approximate surface area is 113 Å². The Morgan fingerprint density at radius 3 is 2.37 bits per heavy atom. The van der Waals surface area contributed by atoms with Crippen molar-refractivity contribution in [3.05, 3.63) is 29.8 Å². The molecule has 19 heavy (non-hydrogen) atoms. The van der Waals surface area contributed by atoms with Crippen molar-refractivity contribution in [2.24, 2.45) is 5.73 Å². The van der Waals surface area contributed by atoms with E-state index in [1.165, 1.54) is 0 Å². The van der Waals surface area contributed by atoms with Gasteiger partial charge in [0.05, 0.1) is 6.04 Å². The summed E-state index contributed by atoms with van der Waals surface area (Å²) in [6, 6.07) is 6.99. The van der Waals surface area contributed by atoms with E-state index in [4.69, 9.17) is 5.73 Å². The molecule has 5 heteroatoms. The molecule has 0 aliphatic rings. The van der Waals surface area contributed by atoms with Crippen LogP contribution in [-0.4, -0.2) is 30.6 Å². The molecule has 108 valence electrons. The fraction of sp³-hybridized carbons (Fsp3) is 0.571. The largest absolute Gasteiger partial charge is 0.434 e. The molecule has 1 unspecified atom stereocenters.